The average Bonchev–Trinajstić information content (AvgIpc) is 3.28. The summed E-state index contributed by atoms with van der Waals surface area (Å²) in [7, 11) is 1.78. The monoisotopic (exact) mass is 561 g/mol. The highest BCUT2D eigenvalue weighted by atomic mass is 127. The fraction of sp³-hybridized carbons (Fsp3) is 0.727. The van der Waals surface area contributed by atoms with Gasteiger partial charge in [0.1, 0.15) is 0 Å². The van der Waals surface area contributed by atoms with Crippen molar-refractivity contribution in [2.45, 2.75) is 50.6 Å². The van der Waals surface area contributed by atoms with Crippen molar-refractivity contribution in [2.24, 2.45) is 4.99 Å². The lowest BCUT2D eigenvalue weighted by Gasteiger charge is -2.48. The topological polar surface area (TPSA) is 69.2 Å². The maximum atomic E-state index is 12.7. The molecule has 0 aromatic carbocycles. The molecule has 0 bridgehead atoms. The molecule has 31 heavy (non-hydrogen) atoms. The first-order valence-electron chi connectivity index (χ1n) is 11.3. The van der Waals surface area contributed by atoms with Crippen LogP contribution in [0.5, 0.6) is 0 Å². The maximum absolute atomic E-state index is 12.7. The zero-order chi connectivity index (χ0) is 20.8. The van der Waals surface area contributed by atoms with Gasteiger partial charge in [-0.3, -0.25) is 14.7 Å². The second-order valence-corrected chi connectivity index (χ2v) is 9.60. The summed E-state index contributed by atoms with van der Waals surface area (Å²) in [6.07, 6.45) is 7.29. The fourth-order valence-electron chi connectivity index (χ4n) is 5.05. The largest absolute Gasteiger partial charge is 0.379 e. The highest BCUT2D eigenvalue weighted by Gasteiger charge is 2.38. The molecule has 1 aromatic rings. The fourth-order valence-corrected chi connectivity index (χ4v) is 5.94. The van der Waals surface area contributed by atoms with Crippen molar-refractivity contribution in [2.75, 3.05) is 53.0 Å². The predicted octanol–water partition coefficient (Wildman–Crippen LogP) is 2.45. The van der Waals surface area contributed by atoms with E-state index in [2.05, 4.69) is 32.0 Å². The van der Waals surface area contributed by atoms with E-state index in [-0.39, 0.29) is 42.0 Å². The standard InChI is InChI=1S/C22H35N5O2S.HI/c1-23-21(24-15-20(28)26-9-5-19-18(16-26)6-14-30-19)25-17-22(7-3-2-4-8-22)27-10-12-29-13-11-27;/h6,14H,2-5,7-13,15-17H2,1H3,(H2,23,24,25);1H. The molecule has 0 unspecified atom stereocenters. The third-order valence-corrected chi connectivity index (χ3v) is 7.87. The minimum Gasteiger partial charge on any atom is -0.379 e. The SMILES string of the molecule is CN=C(NCC(=O)N1CCc2sccc2C1)NCC1(N2CCOCC2)CCCCC1.I. The second kappa shape index (κ2) is 11.8. The number of morpholine rings is 1. The van der Waals surface area contributed by atoms with Crippen LogP contribution in [0.3, 0.4) is 0 Å². The molecule has 9 heteroatoms. The van der Waals surface area contributed by atoms with E-state index in [1.807, 2.05) is 4.90 Å². The van der Waals surface area contributed by atoms with Crippen molar-refractivity contribution in [3.8, 4) is 0 Å². The number of ether oxygens (including phenoxy) is 1. The van der Waals surface area contributed by atoms with Crippen LogP contribution in [0.2, 0.25) is 0 Å². The zero-order valence-electron chi connectivity index (χ0n) is 18.5. The Balaban J connectivity index is 0.00000272. The molecule has 2 N–H and O–H groups in total. The number of aliphatic imine (C=N–C) groups is 1. The van der Waals surface area contributed by atoms with E-state index in [4.69, 9.17) is 4.74 Å². The third kappa shape index (κ3) is 6.11. The Labute approximate surface area is 207 Å². The molecule has 7 nitrogen and oxygen atoms in total. The number of nitrogens with zero attached hydrogens (tertiary/aromatic N) is 3. The molecule has 174 valence electrons. The number of carbonyl (C=O) groups excluding carboxylic acids is 1. The number of hydrogen-bond acceptors (Lipinski definition) is 5. The summed E-state index contributed by atoms with van der Waals surface area (Å²) in [5.41, 5.74) is 1.47. The average molecular weight is 562 g/mol. The number of nitrogens with one attached hydrogen (secondary N) is 2. The molecule has 4 rings (SSSR count). The first-order valence-corrected chi connectivity index (χ1v) is 12.2. The van der Waals surface area contributed by atoms with Crippen molar-refractivity contribution < 1.29 is 9.53 Å². The van der Waals surface area contributed by atoms with Gasteiger partial charge in [-0.25, -0.2) is 0 Å². The van der Waals surface area contributed by atoms with Crippen LogP contribution < -0.4 is 10.6 Å². The molecular formula is C22H36IN5O2S. The summed E-state index contributed by atoms with van der Waals surface area (Å²) >= 11 is 1.80. The van der Waals surface area contributed by atoms with Gasteiger partial charge < -0.3 is 20.3 Å². The van der Waals surface area contributed by atoms with Gasteiger partial charge in [-0.2, -0.15) is 0 Å². The molecule has 1 saturated carbocycles. The van der Waals surface area contributed by atoms with E-state index >= 15 is 0 Å². The lowest BCUT2D eigenvalue weighted by atomic mass is 9.80. The van der Waals surface area contributed by atoms with Crippen molar-refractivity contribution in [1.29, 1.82) is 0 Å². The Morgan fingerprint density at radius 2 is 1.97 bits per heavy atom. The van der Waals surface area contributed by atoms with Gasteiger partial charge in [-0.15, -0.1) is 35.3 Å². The van der Waals surface area contributed by atoms with Gasteiger partial charge in [-0.1, -0.05) is 19.3 Å². The lowest BCUT2D eigenvalue weighted by Crippen LogP contribution is -2.60. The van der Waals surface area contributed by atoms with Gasteiger partial charge in [0.25, 0.3) is 0 Å². The summed E-state index contributed by atoms with van der Waals surface area (Å²) < 4.78 is 5.58. The number of carbonyl (C=O) groups is 1. The van der Waals surface area contributed by atoms with Crippen molar-refractivity contribution >= 4 is 47.2 Å². The molecule has 1 amide bonds. The van der Waals surface area contributed by atoms with Gasteiger partial charge in [-0.05, 0) is 36.3 Å². The number of thiophene rings is 1. The van der Waals surface area contributed by atoms with E-state index in [1.165, 1.54) is 42.5 Å². The van der Waals surface area contributed by atoms with E-state index < -0.39 is 0 Å². The predicted molar refractivity (Wildman–Crippen MR) is 136 cm³/mol. The highest BCUT2D eigenvalue weighted by Crippen LogP contribution is 2.33. The molecule has 0 atom stereocenters. The van der Waals surface area contributed by atoms with Gasteiger partial charge in [0.15, 0.2) is 5.96 Å². The molecule has 3 aliphatic rings. The number of guanidine groups is 1. The molecule has 0 spiro atoms. The van der Waals surface area contributed by atoms with Crippen molar-refractivity contribution in [3.05, 3.63) is 21.9 Å². The summed E-state index contributed by atoms with van der Waals surface area (Å²) in [4.78, 5) is 23.1. The summed E-state index contributed by atoms with van der Waals surface area (Å²) in [5, 5.41) is 8.91. The number of rotatable bonds is 5. The molecule has 1 aromatic heterocycles. The van der Waals surface area contributed by atoms with E-state index in [1.54, 1.807) is 18.4 Å². The lowest BCUT2D eigenvalue weighted by molar-refractivity contribution is -0.130. The Morgan fingerprint density at radius 1 is 1.19 bits per heavy atom. The first-order chi connectivity index (χ1) is 14.7. The van der Waals surface area contributed by atoms with Crippen LogP contribution in [-0.4, -0.2) is 80.2 Å². The Bertz CT molecular complexity index is 744. The van der Waals surface area contributed by atoms with Gasteiger partial charge in [0.05, 0.1) is 19.8 Å². The van der Waals surface area contributed by atoms with Gasteiger partial charge in [0.2, 0.25) is 5.91 Å². The Morgan fingerprint density at radius 3 is 2.71 bits per heavy atom. The number of halogens is 1. The van der Waals surface area contributed by atoms with E-state index in [0.29, 0.717) is 0 Å². The summed E-state index contributed by atoms with van der Waals surface area (Å²) in [6, 6.07) is 2.14. The smallest absolute Gasteiger partial charge is 0.242 e. The van der Waals surface area contributed by atoms with E-state index in [0.717, 1.165) is 58.3 Å². The van der Waals surface area contributed by atoms with Crippen LogP contribution >= 0.6 is 35.3 Å². The molecule has 2 aliphatic heterocycles. The van der Waals surface area contributed by atoms with Crippen LogP contribution in [0, 0.1) is 0 Å². The van der Waals surface area contributed by atoms with Crippen LogP contribution in [-0.2, 0) is 22.5 Å². The van der Waals surface area contributed by atoms with E-state index in [9.17, 15) is 4.79 Å². The third-order valence-electron chi connectivity index (χ3n) is 6.84. The number of fused-ring (bicyclic) bond motifs is 1. The number of amides is 1. The first kappa shape index (κ1) is 24.7. The molecule has 0 radical (unpaired) electrons. The Hall–Kier alpha value is -0.910. The molecule has 1 saturated heterocycles. The maximum Gasteiger partial charge on any atom is 0.242 e. The van der Waals surface area contributed by atoms with Crippen molar-refractivity contribution in [1.82, 2.24) is 20.4 Å². The minimum absolute atomic E-state index is 0. The zero-order valence-corrected chi connectivity index (χ0v) is 21.7. The highest BCUT2D eigenvalue weighted by molar-refractivity contribution is 14.0. The minimum atomic E-state index is 0. The molecule has 1 aliphatic carbocycles. The summed E-state index contributed by atoms with van der Waals surface area (Å²) in [6.45, 7) is 6.34. The number of hydrogen-bond donors (Lipinski definition) is 2. The Kier molecular flexibility index (Phi) is 9.42. The van der Waals surface area contributed by atoms with Gasteiger partial charge >= 0.3 is 0 Å². The van der Waals surface area contributed by atoms with Crippen LogP contribution in [0.4, 0.5) is 0 Å². The second-order valence-electron chi connectivity index (χ2n) is 8.60. The normalized spacial score (nSPS) is 21.7. The van der Waals surface area contributed by atoms with Crippen LogP contribution in [0.1, 0.15) is 42.5 Å². The molecule has 2 fully saturated rings. The van der Waals surface area contributed by atoms with Gasteiger partial charge in [0, 0.05) is 50.2 Å². The molecular weight excluding hydrogens is 525 g/mol. The van der Waals surface area contributed by atoms with Crippen LogP contribution in [0.15, 0.2) is 16.4 Å². The molecule has 3 heterocycles. The summed E-state index contributed by atoms with van der Waals surface area (Å²) in [5.74, 6) is 0.852. The quantitative estimate of drug-likeness (QED) is 0.329. The van der Waals surface area contributed by atoms with Crippen molar-refractivity contribution in [3.63, 3.8) is 0 Å². The van der Waals surface area contributed by atoms with Crippen LogP contribution in [0.25, 0.3) is 0 Å².